The van der Waals surface area contributed by atoms with Crippen LogP contribution in [0.5, 0.6) is 0 Å². The van der Waals surface area contributed by atoms with Gasteiger partial charge in [0.2, 0.25) is 5.95 Å². The van der Waals surface area contributed by atoms with Crippen LogP contribution in [-0.4, -0.2) is 49.9 Å². The van der Waals surface area contributed by atoms with E-state index < -0.39 is 0 Å². The quantitative estimate of drug-likeness (QED) is 0.157. The standard InChI is InChI=1S/C32H37N11O/c1-3-9-28(12-7-16-36-31-38-21-26(18-34)30(41-31)35-17-8-15-33)43(32(44)39-19-24-10-5-4-6-11-24)29-14-13-25(20-37-29)27-22-40-42(2)23-27/h4-6,10-11,13-14,20-23,28H,3,7-9,12,16-17,19H2,1-2H3,(H,39,44)(H2,35,36,38,41)/t28-/m0/s1. The molecule has 0 spiro atoms. The summed E-state index contributed by atoms with van der Waals surface area (Å²) in [7, 11) is 1.87. The number of urea groups is 1. The number of rotatable bonds is 15. The lowest BCUT2D eigenvalue weighted by atomic mass is 10.0. The van der Waals surface area contributed by atoms with E-state index in [1.165, 1.54) is 6.20 Å². The van der Waals surface area contributed by atoms with Gasteiger partial charge in [-0.3, -0.25) is 9.58 Å². The van der Waals surface area contributed by atoms with E-state index >= 15 is 0 Å². The first-order valence-electron chi connectivity index (χ1n) is 14.7. The highest BCUT2D eigenvalue weighted by Crippen LogP contribution is 2.25. The molecule has 0 saturated carbocycles. The number of nitriles is 2. The molecule has 0 unspecified atom stereocenters. The normalized spacial score (nSPS) is 11.2. The van der Waals surface area contributed by atoms with Crippen molar-refractivity contribution in [3.63, 3.8) is 0 Å². The number of hydrogen-bond donors (Lipinski definition) is 3. The maximum absolute atomic E-state index is 13.7. The smallest absolute Gasteiger partial charge is 0.323 e. The molecule has 1 atom stereocenters. The van der Waals surface area contributed by atoms with Gasteiger partial charge in [-0.1, -0.05) is 43.7 Å². The van der Waals surface area contributed by atoms with Crippen molar-refractivity contribution in [3.8, 4) is 23.3 Å². The summed E-state index contributed by atoms with van der Waals surface area (Å²) in [6, 6.07) is 17.5. The minimum Gasteiger partial charge on any atom is -0.368 e. The van der Waals surface area contributed by atoms with Gasteiger partial charge in [0.1, 0.15) is 23.3 Å². The van der Waals surface area contributed by atoms with Gasteiger partial charge in [-0.25, -0.2) is 14.8 Å². The molecule has 44 heavy (non-hydrogen) atoms. The average Bonchev–Trinajstić information content (AvgIpc) is 3.49. The Balaban J connectivity index is 1.47. The number of benzene rings is 1. The number of pyridine rings is 1. The van der Waals surface area contributed by atoms with Crippen molar-refractivity contribution in [3.05, 3.63) is 78.4 Å². The number of carbonyl (C=O) groups excluding carboxylic acids is 1. The van der Waals surface area contributed by atoms with Crippen LogP contribution in [0.25, 0.3) is 11.1 Å². The van der Waals surface area contributed by atoms with E-state index in [1.54, 1.807) is 22.0 Å². The zero-order valence-electron chi connectivity index (χ0n) is 25.1. The zero-order chi connectivity index (χ0) is 31.1. The van der Waals surface area contributed by atoms with E-state index in [9.17, 15) is 10.1 Å². The number of nitrogens with one attached hydrogen (secondary N) is 3. The molecule has 0 aliphatic heterocycles. The highest BCUT2D eigenvalue weighted by atomic mass is 16.2. The Kier molecular flexibility index (Phi) is 11.6. The van der Waals surface area contributed by atoms with E-state index in [4.69, 9.17) is 10.2 Å². The predicted molar refractivity (Wildman–Crippen MR) is 169 cm³/mol. The number of amides is 2. The first kappa shape index (κ1) is 31.4. The molecule has 4 rings (SSSR count). The van der Waals surface area contributed by atoms with Crippen LogP contribution in [0.4, 0.5) is 22.4 Å². The van der Waals surface area contributed by atoms with Crippen molar-refractivity contribution in [2.75, 3.05) is 28.6 Å². The second-order valence-corrected chi connectivity index (χ2v) is 10.2. The van der Waals surface area contributed by atoms with Crippen LogP contribution in [0.2, 0.25) is 0 Å². The largest absolute Gasteiger partial charge is 0.368 e. The fourth-order valence-corrected chi connectivity index (χ4v) is 4.78. The lowest BCUT2D eigenvalue weighted by Gasteiger charge is -2.31. The molecule has 3 aromatic heterocycles. The SMILES string of the molecule is CCC[C@@H](CCCNc1ncc(C#N)c(NCCC#N)n1)N(C(=O)NCc1ccccc1)c1ccc(-c2cnn(C)c2)cn1. The number of anilines is 3. The highest BCUT2D eigenvalue weighted by Gasteiger charge is 2.26. The fourth-order valence-electron chi connectivity index (χ4n) is 4.78. The van der Waals surface area contributed by atoms with Gasteiger partial charge in [-0.15, -0.1) is 0 Å². The second-order valence-electron chi connectivity index (χ2n) is 10.2. The minimum atomic E-state index is -0.203. The van der Waals surface area contributed by atoms with Crippen LogP contribution >= 0.6 is 0 Å². The third-order valence-corrected chi connectivity index (χ3v) is 6.96. The topological polar surface area (TPSA) is 160 Å². The van der Waals surface area contributed by atoms with Gasteiger partial charge in [0.25, 0.3) is 0 Å². The fraction of sp³-hybridized carbons (Fsp3) is 0.344. The summed E-state index contributed by atoms with van der Waals surface area (Å²) in [6.07, 6.45) is 10.4. The van der Waals surface area contributed by atoms with E-state index in [2.05, 4.69) is 50.1 Å². The van der Waals surface area contributed by atoms with Crippen LogP contribution < -0.4 is 20.9 Å². The minimum absolute atomic E-state index is 0.0978. The Labute approximate surface area is 257 Å². The second kappa shape index (κ2) is 16.2. The van der Waals surface area contributed by atoms with Crippen LogP contribution in [0, 0.1) is 22.7 Å². The summed E-state index contributed by atoms with van der Waals surface area (Å²) in [6.45, 7) is 3.47. The van der Waals surface area contributed by atoms with E-state index in [-0.39, 0.29) is 12.1 Å². The number of nitrogens with zero attached hydrogens (tertiary/aromatic N) is 8. The molecular formula is C32H37N11O. The Hall–Kier alpha value is -5.49. The molecule has 3 N–H and O–H groups in total. The number of carbonyl (C=O) groups is 1. The third-order valence-electron chi connectivity index (χ3n) is 6.96. The molecule has 12 heteroatoms. The predicted octanol–water partition coefficient (Wildman–Crippen LogP) is 5.25. The van der Waals surface area contributed by atoms with Crippen LogP contribution in [-0.2, 0) is 13.6 Å². The number of aromatic nitrogens is 5. The van der Waals surface area contributed by atoms with Crippen LogP contribution in [0.1, 0.15) is 50.2 Å². The summed E-state index contributed by atoms with van der Waals surface area (Å²) < 4.78 is 1.74. The first-order valence-corrected chi connectivity index (χ1v) is 14.7. The Morgan fingerprint density at radius 3 is 2.52 bits per heavy atom. The van der Waals surface area contributed by atoms with E-state index in [1.807, 2.05) is 55.7 Å². The molecule has 0 aliphatic rings. The molecule has 2 amide bonds. The van der Waals surface area contributed by atoms with Crippen molar-refractivity contribution >= 4 is 23.6 Å². The molecule has 226 valence electrons. The average molecular weight is 592 g/mol. The maximum atomic E-state index is 13.7. The van der Waals surface area contributed by atoms with E-state index in [0.29, 0.717) is 49.2 Å². The first-order chi connectivity index (χ1) is 21.5. The monoisotopic (exact) mass is 591 g/mol. The molecule has 0 radical (unpaired) electrons. The molecule has 3 heterocycles. The van der Waals surface area contributed by atoms with Crippen molar-refractivity contribution in [1.82, 2.24) is 30.0 Å². The van der Waals surface area contributed by atoms with Gasteiger partial charge in [0.15, 0.2) is 0 Å². The Morgan fingerprint density at radius 2 is 1.84 bits per heavy atom. The molecule has 0 saturated heterocycles. The summed E-state index contributed by atoms with van der Waals surface area (Å²) in [5.41, 5.74) is 3.21. The van der Waals surface area contributed by atoms with Crippen molar-refractivity contribution in [1.29, 1.82) is 10.5 Å². The van der Waals surface area contributed by atoms with Crippen molar-refractivity contribution in [2.45, 2.75) is 51.6 Å². The maximum Gasteiger partial charge on any atom is 0.323 e. The molecule has 12 nitrogen and oxygen atoms in total. The third kappa shape index (κ3) is 8.76. The summed E-state index contributed by atoms with van der Waals surface area (Å²) in [4.78, 5) is 28.9. The highest BCUT2D eigenvalue weighted by molar-refractivity contribution is 5.91. The summed E-state index contributed by atoms with van der Waals surface area (Å²) in [5, 5.41) is 31.7. The summed E-state index contributed by atoms with van der Waals surface area (Å²) >= 11 is 0. The van der Waals surface area contributed by atoms with Gasteiger partial charge in [-0.05, 0) is 37.0 Å². The van der Waals surface area contributed by atoms with Crippen LogP contribution in [0.3, 0.4) is 0 Å². The molecule has 0 fully saturated rings. The van der Waals surface area contributed by atoms with Gasteiger partial charge in [-0.2, -0.15) is 20.6 Å². The summed E-state index contributed by atoms with van der Waals surface area (Å²) in [5.74, 6) is 1.37. The molecule has 0 bridgehead atoms. The van der Waals surface area contributed by atoms with Crippen molar-refractivity contribution in [2.24, 2.45) is 7.05 Å². The molecular weight excluding hydrogens is 554 g/mol. The lowest BCUT2D eigenvalue weighted by molar-refractivity contribution is 0.242. The van der Waals surface area contributed by atoms with Gasteiger partial charge < -0.3 is 16.0 Å². The molecule has 1 aromatic carbocycles. The Morgan fingerprint density at radius 1 is 1.00 bits per heavy atom. The van der Waals surface area contributed by atoms with Gasteiger partial charge in [0, 0.05) is 56.2 Å². The van der Waals surface area contributed by atoms with Crippen molar-refractivity contribution < 1.29 is 4.79 Å². The van der Waals surface area contributed by atoms with E-state index in [0.717, 1.165) is 42.4 Å². The Bertz CT molecular complexity index is 1570. The lowest BCUT2D eigenvalue weighted by Crippen LogP contribution is -2.47. The molecule has 4 aromatic rings. The number of aryl methyl sites for hydroxylation is 1. The van der Waals surface area contributed by atoms with Gasteiger partial charge in [0.05, 0.1) is 24.9 Å². The molecule has 0 aliphatic carbocycles. The van der Waals surface area contributed by atoms with Gasteiger partial charge >= 0.3 is 6.03 Å². The van der Waals surface area contributed by atoms with Crippen LogP contribution in [0.15, 0.2) is 67.3 Å². The number of hydrogen-bond acceptors (Lipinski definition) is 9. The zero-order valence-corrected chi connectivity index (χ0v) is 25.1.